The van der Waals surface area contributed by atoms with Crippen LogP contribution in [-0.4, -0.2) is 54.6 Å². The highest BCUT2D eigenvalue weighted by atomic mass is 31.0. The minimum absolute atomic E-state index is 0.0307. The Balaban J connectivity index is 0.000000812. The molecule has 5 N–H and O–H groups in total. The Morgan fingerprint density at radius 3 is 2.55 bits per heavy atom. The number of nitrogens with zero attached hydrogens (tertiary/aromatic N) is 3. The lowest BCUT2D eigenvalue weighted by atomic mass is 9.90. The van der Waals surface area contributed by atoms with Gasteiger partial charge in [0.2, 0.25) is 0 Å². The van der Waals surface area contributed by atoms with E-state index in [1.165, 1.54) is 24.5 Å². The van der Waals surface area contributed by atoms with Crippen molar-refractivity contribution in [2.75, 3.05) is 32.6 Å². The van der Waals surface area contributed by atoms with Gasteiger partial charge in [0.1, 0.15) is 17.5 Å². The van der Waals surface area contributed by atoms with E-state index < -0.39 is 5.91 Å². The summed E-state index contributed by atoms with van der Waals surface area (Å²) in [6.45, 7) is 10.2. The number of hydrogen-bond acceptors (Lipinski definition) is 7. The molecule has 3 aliphatic rings. The van der Waals surface area contributed by atoms with Gasteiger partial charge in [-0.3, -0.25) is 14.7 Å². The molecule has 1 saturated heterocycles. The summed E-state index contributed by atoms with van der Waals surface area (Å²) in [5, 5.41) is 14.4. The summed E-state index contributed by atoms with van der Waals surface area (Å²) in [6.07, 6.45) is 17.2. The highest BCUT2D eigenvalue weighted by Crippen LogP contribution is 2.36. The van der Waals surface area contributed by atoms with Gasteiger partial charge in [-0.15, -0.1) is 0 Å². The highest BCUT2D eigenvalue weighted by molar-refractivity contribution is 7.16. The average molecular weight is 686 g/mol. The van der Waals surface area contributed by atoms with E-state index in [0.717, 1.165) is 42.6 Å². The zero-order valence-corrected chi connectivity index (χ0v) is 30.1. The molecule has 1 aromatic carbocycles. The molecule has 2 atom stereocenters. The van der Waals surface area contributed by atoms with Gasteiger partial charge in [-0.25, -0.2) is 4.39 Å². The van der Waals surface area contributed by atoms with Crippen molar-refractivity contribution in [1.29, 1.82) is 5.41 Å². The summed E-state index contributed by atoms with van der Waals surface area (Å²) >= 11 is 0. The minimum Gasteiger partial charge on any atom is -0.494 e. The maximum atomic E-state index is 14.0. The second-order valence-electron chi connectivity index (χ2n) is 12.5. The molecule has 5 rings (SSSR count). The smallest absolute Gasteiger partial charge is 0.250 e. The number of carbonyl (C=O) groups excluding carboxylic acids is 1. The molecule has 1 aliphatic heterocycles. The predicted molar refractivity (Wildman–Crippen MR) is 202 cm³/mol. The number of amides is 1. The third-order valence-electron chi connectivity index (χ3n) is 8.53. The maximum Gasteiger partial charge on any atom is 0.250 e. The van der Waals surface area contributed by atoms with Gasteiger partial charge in [0, 0.05) is 62.6 Å². The van der Waals surface area contributed by atoms with Crippen LogP contribution < -0.4 is 21.1 Å². The quantitative estimate of drug-likeness (QED) is 0.0723. The number of hydrogen-bond donors (Lipinski definition) is 4. The lowest BCUT2D eigenvalue weighted by molar-refractivity contribution is -0.118. The van der Waals surface area contributed by atoms with Gasteiger partial charge >= 0.3 is 0 Å². The number of carbonyl (C=O) groups is 1. The monoisotopic (exact) mass is 685 g/mol. The van der Waals surface area contributed by atoms with Crippen molar-refractivity contribution in [3.8, 4) is 5.75 Å². The number of para-hydroxylation sites is 1. The van der Waals surface area contributed by atoms with Crippen molar-refractivity contribution in [1.82, 2.24) is 15.2 Å². The first-order valence-electron chi connectivity index (χ1n) is 16.5. The standard InChI is InChI=1S/C33H40FN6O2P.C5H9N/c1-5-22(10-9-20(2)25-18-40(19-25)17-24-16-37-14-13-27(24)32(34)43)26-7-6-8-28(31(26)42-4)38-29(21(3)35)15-30(36)39-33(41)23-11-12-23;1-6-4-5-2-3-5/h5-10,13-16,23,25,32,35,38H,1,11-12,17-19,43H2,2-4H3,(H2,36,39,41);4,6H,2-3H2,1H3/b20-9+,22-10+,29-15+,35-21?;. The third kappa shape index (κ3) is 11.1. The fraction of sp³-hybridized carbons (Fsp3) is 0.368. The van der Waals surface area contributed by atoms with E-state index >= 15 is 0 Å². The normalized spacial score (nSPS) is 17.6. The van der Waals surface area contributed by atoms with Crippen LogP contribution in [0.25, 0.3) is 5.57 Å². The van der Waals surface area contributed by atoms with Crippen LogP contribution in [0.4, 0.5) is 10.1 Å². The molecule has 1 aromatic heterocycles. The van der Waals surface area contributed by atoms with Crippen LogP contribution in [0.1, 0.15) is 62.1 Å². The molecule has 2 unspecified atom stereocenters. The first kappa shape index (κ1) is 37.4. The minimum atomic E-state index is -1.10. The van der Waals surface area contributed by atoms with Crippen LogP contribution in [0.3, 0.4) is 0 Å². The molecule has 49 heavy (non-hydrogen) atoms. The van der Waals surface area contributed by atoms with E-state index in [0.29, 0.717) is 35.2 Å². The molecule has 9 nitrogen and oxygen atoms in total. The third-order valence-corrected chi connectivity index (χ3v) is 8.89. The van der Waals surface area contributed by atoms with Gasteiger partial charge in [-0.05, 0) is 74.6 Å². The number of allylic oxidation sites excluding steroid dienone is 6. The molecule has 0 radical (unpaired) electrons. The number of pyridine rings is 1. The van der Waals surface area contributed by atoms with Crippen LogP contribution in [0.2, 0.25) is 0 Å². The number of rotatable bonds is 14. The fourth-order valence-electron chi connectivity index (χ4n) is 5.31. The zero-order chi connectivity index (χ0) is 35.5. The van der Waals surface area contributed by atoms with Crippen LogP contribution in [0.15, 0.2) is 95.6 Å². The van der Waals surface area contributed by atoms with E-state index in [4.69, 9.17) is 15.9 Å². The molecule has 260 valence electrons. The summed E-state index contributed by atoms with van der Waals surface area (Å²) in [5.74, 6) is -0.314. The van der Waals surface area contributed by atoms with Crippen molar-refractivity contribution < 1.29 is 13.9 Å². The molecule has 0 spiro atoms. The number of methoxy groups -OCH3 is 1. The second-order valence-corrected chi connectivity index (χ2v) is 13.1. The molecule has 3 fully saturated rings. The number of likely N-dealkylation sites (tertiary alicyclic amines) is 1. The Morgan fingerprint density at radius 2 is 1.98 bits per heavy atom. The van der Waals surface area contributed by atoms with Gasteiger partial charge in [0.25, 0.3) is 5.91 Å². The fourth-order valence-corrected chi connectivity index (χ4v) is 5.63. The molecule has 11 heteroatoms. The number of halogens is 1. The number of nitrogens with two attached hydrogens (primary N) is 1. The van der Waals surface area contributed by atoms with E-state index in [2.05, 4.69) is 60.5 Å². The van der Waals surface area contributed by atoms with E-state index in [9.17, 15) is 9.18 Å². The second kappa shape index (κ2) is 17.8. The number of amidine groups is 1. The lowest BCUT2D eigenvalue weighted by Crippen LogP contribution is -2.46. The largest absolute Gasteiger partial charge is 0.494 e. The van der Waals surface area contributed by atoms with Crippen molar-refractivity contribution in [3.63, 3.8) is 0 Å². The number of benzene rings is 1. The molecular weight excluding hydrogens is 636 g/mol. The molecule has 2 aromatic rings. The van der Waals surface area contributed by atoms with Crippen molar-refractivity contribution >= 4 is 38.0 Å². The Hall–Kier alpha value is -4.40. The average Bonchev–Trinajstić information content (AvgIpc) is 3.98. The molecule has 2 aliphatic carbocycles. The van der Waals surface area contributed by atoms with Crippen LogP contribution in [0.5, 0.6) is 5.75 Å². The van der Waals surface area contributed by atoms with Crippen LogP contribution in [-0.2, 0) is 11.3 Å². The van der Waals surface area contributed by atoms with Gasteiger partial charge < -0.3 is 26.5 Å². The van der Waals surface area contributed by atoms with Gasteiger partial charge in [0.15, 0.2) is 0 Å². The first-order chi connectivity index (χ1) is 23.5. The predicted octanol–water partition coefficient (Wildman–Crippen LogP) is 7.09. The summed E-state index contributed by atoms with van der Waals surface area (Å²) < 4.78 is 19.8. The van der Waals surface area contributed by atoms with Gasteiger partial charge in [0.05, 0.1) is 24.2 Å². The van der Waals surface area contributed by atoms with E-state index in [1.54, 1.807) is 44.1 Å². The summed E-state index contributed by atoms with van der Waals surface area (Å²) in [6, 6.07) is 7.43. The Morgan fingerprint density at radius 1 is 1.24 bits per heavy atom. The number of anilines is 1. The Bertz CT molecular complexity index is 1680. The molecule has 0 bridgehead atoms. The Labute approximate surface area is 292 Å². The molecule has 2 heterocycles. The number of aromatic nitrogens is 1. The van der Waals surface area contributed by atoms with Crippen LogP contribution in [0, 0.1) is 17.2 Å². The Kier molecular flexibility index (Phi) is 13.6. The van der Waals surface area contributed by atoms with Crippen LogP contribution >= 0.6 is 9.24 Å². The molecule has 1 amide bonds. The number of nitrogens with one attached hydrogen (secondary N) is 3. The van der Waals surface area contributed by atoms with Crippen molar-refractivity contribution in [2.24, 2.45) is 22.6 Å². The summed E-state index contributed by atoms with van der Waals surface area (Å²) in [4.78, 5) is 22.5. The highest BCUT2D eigenvalue weighted by Gasteiger charge is 2.30. The topological polar surface area (TPSA) is 129 Å². The number of alkyl halides is 1. The number of ether oxygens (including phenoxy) is 1. The van der Waals surface area contributed by atoms with Crippen molar-refractivity contribution in [3.05, 3.63) is 107 Å². The summed E-state index contributed by atoms with van der Waals surface area (Å²) in [7, 11) is 5.74. The maximum absolute atomic E-state index is 14.0. The molecular formula is C38H49FN7O2P. The van der Waals surface area contributed by atoms with Gasteiger partial charge in [-0.2, -0.15) is 4.99 Å². The first-order valence-corrected chi connectivity index (χ1v) is 17.2. The number of aliphatic imine (C=N–C) groups is 1. The SMILES string of the molecule is C=C/C(=C\C=C(/C)C1CN(Cc2cnccc2C(F)P)C1)c1cccc(N/C(=C/C(N)=NC(=O)C2CC2)C(C)=N)c1OC.CNC=C1CC1. The summed E-state index contributed by atoms with van der Waals surface area (Å²) in [5.41, 5.74) is 13.4. The molecule has 2 saturated carbocycles. The zero-order valence-electron chi connectivity index (χ0n) is 28.9. The lowest BCUT2D eigenvalue weighted by Gasteiger charge is -2.40. The van der Waals surface area contributed by atoms with Crippen molar-refractivity contribution in [2.45, 2.75) is 52.0 Å². The van der Waals surface area contributed by atoms with E-state index in [-0.39, 0.29) is 23.4 Å². The van der Waals surface area contributed by atoms with E-state index in [1.807, 2.05) is 31.3 Å². The van der Waals surface area contributed by atoms with Gasteiger partial charge in [-0.1, -0.05) is 57.3 Å².